The SMILES string of the molecule is CC1=C(C(=O)O)N2C(=O)C(NC(=O)[C@H](N)c3ccc(CO)c(O)c3)[C@@H]2SC1. The Morgan fingerprint density at radius 3 is 2.74 bits per heavy atom. The van der Waals surface area contributed by atoms with E-state index in [1.54, 1.807) is 6.92 Å². The summed E-state index contributed by atoms with van der Waals surface area (Å²) < 4.78 is 0. The first kappa shape index (κ1) is 19.2. The van der Waals surface area contributed by atoms with Crippen LogP contribution in [0.25, 0.3) is 0 Å². The summed E-state index contributed by atoms with van der Waals surface area (Å²) in [6.45, 7) is 1.31. The molecule has 0 bridgehead atoms. The average Bonchev–Trinajstić information content (AvgIpc) is 2.64. The Kier molecular flexibility index (Phi) is 5.13. The molecule has 1 saturated heterocycles. The van der Waals surface area contributed by atoms with Crippen molar-refractivity contribution in [2.24, 2.45) is 5.73 Å². The number of carboxylic acids is 1. The number of amides is 2. The van der Waals surface area contributed by atoms with Gasteiger partial charge in [-0.3, -0.25) is 14.5 Å². The number of aliphatic carboxylic acids is 1. The van der Waals surface area contributed by atoms with Crippen LogP contribution in [0, 0.1) is 0 Å². The van der Waals surface area contributed by atoms with Crippen molar-refractivity contribution in [1.82, 2.24) is 10.2 Å². The van der Waals surface area contributed by atoms with Crippen molar-refractivity contribution in [3.05, 3.63) is 40.6 Å². The molecular weight excluding hydrogens is 374 g/mol. The number of phenols is 1. The second-order valence-corrected chi connectivity index (χ2v) is 7.46. The van der Waals surface area contributed by atoms with E-state index < -0.39 is 35.2 Å². The highest BCUT2D eigenvalue weighted by Gasteiger charge is 2.53. The predicted octanol–water partition coefficient (Wildman–Crippen LogP) is -0.357. The van der Waals surface area contributed by atoms with Crippen LogP contribution in [0.3, 0.4) is 0 Å². The molecule has 6 N–H and O–H groups in total. The zero-order valence-electron chi connectivity index (χ0n) is 14.4. The summed E-state index contributed by atoms with van der Waals surface area (Å²) in [6.07, 6.45) is 0. The van der Waals surface area contributed by atoms with Crippen molar-refractivity contribution in [3.63, 3.8) is 0 Å². The van der Waals surface area contributed by atoms with Crippen LogP contribution in [0.1, 0.15) is 24.1 Å². The summed E-state index contributed by atoms with van der Waals surface area (Å²) in [5.74, 6) is -2.02. The van der Waals surface area contributed by atoms with E-state index in [0.717, 1.165) is 0 Å². The maximum Gasteiger partial charge on any atom is 0.352 e. The molecule has 0 aromatic heterocycles. The molecule has 0 saturated carbocycles. The van der Waals surface area contributed by atoms with Gasteiger partial charge in [0.15, 0.2) is 0 Å². The number of aliphatic hydroxyl groups excluding tert-OH is 1. The third kappa shape index (κ3) is 3.27. The lowest BCUT2D eigenvalue weighted by molar-refractivity contribution is -0.150. The number of aromatic hydroxyl groups is 1. The molecule has 1 aromatic rings. The molecule has 0 spiro atoms. The van der Waals surface area contributed by atoms with E-state index in [0.29, 0.717) is 22.5 Å². The summed E-state index contributed by atoms with van der Waals surface area (Å²) in [5.41, 5.74) is 7.10. The van der Waals surface area contributed by atoms with Gasteiger partial charge >= 0.3 is 5.97 Å². The van der Waals surface area contributed by atoms with E-state index in [-0.39, 0.29) is 18.1 Å². The number of nitrogens with one attached hydrogen (secondary N) is 1. The molecule has 2 aliphatic heterocycles. The quantitative estimate of drug-likeness (QED) is 0.425. The molecule has 0 radical (unpaired) electrons. The Balaban J connectivity index is 1.71. The lowest BCUT2D eigenvalue weighted by Gasteiger charge is -2.49. The smallest absolute Gasteiger partial charge is 0.352 e. The highest BCUT2D eigenvalue weighted by molar-refractivity contribution is 8.00. The Bertz CT molecular complexity index is 855. The summed E-state index contributed by atoms with van der Waals surface area (Å²) in [4.78, 5) is 37.4. The first-order valence-corrected chi connectivity index (χ1v) is 9.17. The van der Waals surface area contributed by atoms with E-state index >= 15 is 0 Å². The van der Waals surface area contributed by atoms with E-state index in [2.05, 4.69) is 5.32 Å². The van der Waals surface area contributed by atoms with Gasteiger partial charge in [-0.1, -0.05) is 12.1 Å². The van der Waals surface area contributed by atoms with Gasteiger partial charge in [-0.2, -0.15) is 0 Å². The Morgan fingerprint density at radius 1 is 1.44 bits per heavy atom. The molecule has 9 nitrogen and oxygen atoms in total. The minimum Gasteiger partial charge on any atom is -0.508 e. The number of hydrogen-bond donors (Lipinski definition) is 5. The van der Waals surface area contributed by atoms with Gasteiger partial charge < -0.3 is 26.4 Å². The fraction of sp³-hybridized carbons (Fsp3) is 0.353. The normalized spacial score (nSPS) is 22.8. The van der Waals surface area contributed by atoms with E-state index in [1.807, 2.05) is 0 Å². The number of β-lactam (4-membered cyclic amide) rings is 1. The Morgan fingerprint density at radius 2 is 2.15 bits per heavy atom. The van der Waals surface area contributed by atoms with Crippen molar-refractivity contribution in [3.8, 4) is 5.75 Å². The highest BCUT2D eigenvalue weighted by Crippen LogP contribution is 2.40. The molecule has 10 heteroatoms. The molecule has 144 valence electrons. The number of fused-ring (bicyclic) bond motifs is 1. The Labute approximate surface area is 158 Å². The average molecular weight is 393 g/mol. The first-order valence-electron chi connectivity index (χ1n) is 8.12. The molecule has 2 amide bonds. The van der Waals surface area contributed by atoms with Gasteiger partial charge in [0.05, 0.1) is 6.61 Å². The van der Waals surface area contributed by atoms with Crippen molar-refractivity contribution in [1.29, 1.82) is 0 Å². The van der Waals surface area contributed by atoms with Gasteiger partial charge in [0, 0.05) is 11.3 Å². The number of nitrogens with zero attached hydrogens (tertiary/aromatic N) is 1. The van der Waals surface area contributed by atoms with Crippen LogP contribution in [0.15, 0.2) is 29.5 Å². The zero-order chi connectivity index (χ0) is 19.9. The molecule has 0 aliphatic carbocycles. The maximum absolute atomic E-state index is 12.4. The standard InChI is InChI=1S/C17H19N3O6S/c1-7-6-27-16-12(15(24)20(16)13(7)17(25)26)19-14(23)11(18)8-2-3-9(5-21)10(22)4-8/h2-4,11-12,16,21-22H,5-6,18H2,1H3,(H,19,23)(H,25,26)/t11-,12?,16+/m1/s1. The van der Waals surface area contributed by atoms with Gasteiger partial charge in [0.25, 0.3) is 5.91 Å². The number of hydrogen-bond acceptors (Lipinski definition) is 7. The van der Waals surface area contributed by atoms with E-state index in [9.17, 15) is 24.6 Å². The van der Waals surface area contributed by atoms with Crippen LogP contribution in [-0.2, 0) is 21.0 Å². The van der Waals surface area contributed by atoms with Crippen molar-refractivity contribution in [2.45, 2.75) is 31.0 Å². The summed E-state index contributed by atoms with van der Waals surface area (Å²) in [6, 6.07) is 2.26. The summed E-state index contributed by atoms with van der Waals surface area (Å²) in [7, 11) is 0. The molecule has 1 fully saturated rings. The molecule has 3 atom stereocenters. The summed E-state index contributed by atoms with van der Waals surface area (Å²) >= 11 is 1.37. The number of rotatable bonds is 5. The largest absolute Gasteiger partial charge is 0.508 e. The minimum atomic E-state index is -1.17. The van der Waals surface area contributed by atoms with Crippen LogP contribution in [0.4, 0.5) is 0 Å². The maximum atomic E-state index is 12.4. The number of nitrogens with two attached hydrogens (primary N) is 1. The molecular formula is C17H19N3O6S. The van der Waals surface area contributed by atoms with Crippen LogP contribution in [0.5, 0.6) is 5.75 Å². The molecule has 3 rings (SSSR count). The third-order valence-electron chi connectivity index (χ3n) is 4.58. The second-order valence-electron chi connectivity index (χ2n) is 6.35. The number of benzene rings is 1. The van der Waals surface area contributed by atoms with Crippen LogP contribution >= 0.6 is 11.8 Å². The number of carboxylic acid groups (broad SMARTS) is 1. The van der Waals surface area contributed by atoms with Crippen LogP contribution in [-0.4, -0.2) is 55.2 Å². The van der Waals surface area contributed by atoms with E-state index in [4.69, 9.17) is 10.8 Å². The van der Waals surface area contributed by atoms with Crippen molar-refractivity contribution >= 4 is 29.5 Å². The number of carbonyl (C=O) groups is 3. The number of carbonyl (C=O) groups excluding carboxylic acids is 2. The van der Waals surface area contributed by atoms with Crippen LogP contribution < -0.4 is 11.1 Å². The van der Waals surface area contributed by atoms with Gasteiger partial charge in [-0.05, 0) is 24.1 Å². The topological polar surface area (TPSA) is 153 Å². The second kappa shape index (κ2) is 7.22. The molecule has 2 heterocycles. The number of thioether (sulfide) groups is 1. The lowest BCUT2D eigenvalue weighted by Crippen LogP contribution is -2.71. The highest BCUT2D eigenvalue weighted by atomic mass is 32.2. The minimum absolute atomic E-state index is 0.0388. The monoisotopic (exact) mass is 393 g/mol. The zero-order valence-corrected chi connectivity index (χ0v) is 15.2. The fourth-order valence-corrected chi connectivity index (χ4v) is 4.37. The van der Waals surface area contributed by atoms with E-state index in [1.165, 1.54) is 34.9 Å². The summed E-state index contributed by atoms with van der Waals surface area (Å²) in [5, 5.41) is 30.2. The van der Waals surface area contributed by atoms with Gasteiger partial charge in [0.2, 0.25) is 5.91 Å². The fourth-order valence-electron chi connectivity index (χ4n) is 3.08. The first-order chi connectivity index (χ1) is 12.8. The molecule has 2 aliphatic rings. The third-order valence-corrected chi connectivity index (χ3v) is 6.00. The molecule has 1 aromatic carbocycles. The van der Waals surface area contributed by atoms with Crippen molar-refractivity contribution < 1.29 is 29.7 Å². The molecule has 27 heavy (non-hydrogen) atoms. The van der Waals surface area contributed by atoms with Gasteiger partial charge in [-0.25, -0.2) is 4.79 Å². The predicted molar refractivity (Wildman–Crippen MR) is 96.3 cm³/mol. The van der Waals surface area contributed by atoms with Crippen LogP contribution in [0.2, 0.25) is 0 Å². The van der Waals surface area contributed by atoms with Gasteiger partial charge in [0.1, 0.15) is 28.9 Å². The van der Waals surface area contributed by atoms with Gasteiger partial charge in [-0.15, -0.1) is 11.8 Å². The van der Waals surface area contributed by atoms with Crippen molar-refractivity contribution in [2.75, 3.05) is 5.75 Å². The number of aliphatic hydroxyl groups is 1. The lowest BCUT2D eigenvalue weighted by atomic mass is 10.0. The Hall–Kier alpha value is -2.56. The molecule has 1 unspecified atom stereocenters.